The lowest BCUT2D eigenvalue weighted by Gasteiger charge is -2.29. The Morgan fingerprint density at radius 2 is 2.09 bits per heavy atom. The van der Waals surface area contributed by atoms with Crippen LogP contribution in [0.3, 0.4) is 0 Å². The van der Waals surface area contributed by atoms with Crippen LogP contribution in [0.15, 0.2) is 0 Å². The number of halogens is 1. The maximum atomic E-state index is 5.67. The summed E-state index contributed by atoms with van der Waals surface area (Å²) in [5.41, 5.74) is -0.0772. The molecular formula is C5H15ClO3Si2. The zero-order valence-electron chi connectivity index (χ0n) is 7.39. The van der Waals surface area contributed by atoms with Crippen molar-refractivity contribution in [3.63, 3.8) is 0 Å². The third-order valence-corrected chi connectivity index (χ3v) is 8.02. The Hall–Kier alpha value is 0.604. The lowest BCUT2D eigenvalue weighted by Crippen LogP contribution is -2.51. The highest BCUT2D eigenvalue weighted by Crippen LogP contribution is 2.13. The van der Waals surface area contributed by atoms with Crippen molar-refractivity contribution in [3.8, 4) is 0 Å². The van der Waals surface area contributed by atoms with E-state index >= 15 is 0 Å². The van der Waals surface area contributed by atoms with Crippen LogP contribution in [0.1, 0.15) is 0 Å². The van der Waals surface area contributed by atoms with Gasteiger partial charge in [0.05, 0.1) is 5.88 Å². The minimum Gasteiger partial charge on any atom is -0.443 e. The van der Waals surface area contributed by atoms with Crippen LogP contribution >= 0.6 is 11.6 Å². The maximum absolute atomic E-state index is 5.67. The second kappa shape index (κ2) is 5.28. The molecule has 0 aliphatic rings. The van der Waals surface area contributed by atoms with Gasteiger partial charge in [0.1, 0.15) is 16.2 Å². The van der Waals surface area contributed by atoms with Crippen molar-refractivity contribution in [2.75, 3.05) is 20.1 Å². The van der Waals surface area contributed by atoms with Gasteiger partial charge in [0.15, 0.2) is 0 Å². The number of ether oxygens (including phenoxy) is 1. The molecule has 0 aromatic heterocycles. The van der Waals surface area contributed by atoms with Crippen LogP contribution in [0.5, 0.6) is 0 Å². The van der Waals surface area contributed by atoms with Crippen LogP contribution in [0.2, 0.25) is 6.55 Å². The molecule has 6 heteroatoms. The molecule has 0 N–H and O–H groups in total. The predicted molar refractivity (Wildman–Crippen MR) is 51.2 cm³/mol. The van der Waals surface area contributed by atoms with Crippen LogP contribution in [0, 0.1) is 0 Å². The second-order valence-electron chi connectivity index (χ2n) is 2.30. The Morgan fingerprint density at radius 1 is 1.55 bits per heavy atom. The standard InChI is InChI=1S/C5H15ClO3Si2/c1-7-5(4-6)11(3,8-2)9-10/h5H,4H2,1-3,10H3. The van der Waals surface area contributed by atoms with Gasteiger partial charge in [-0.25, -0.2) is 0 Å². The highest BCUT2D eigenvalue weighted by molar-refractivity contribution is 6.70. The molecule has 0 amide bonds. The quantitative estimate of drug-likeness (QED) is 0.469. The van der Waals surface area contributed by atoms with Crippen molar-refractivity contribution in [2.45, 2.75) is 12.3 Å². The zero-order chi connectivity index (χ0) is 8.91. The summed E-state index contributed by atoms with van der Waals surface area (Å²) in [7, 11) is 1.81. The minimum absolute atomic E-state index is 0.0772. The average molecular weight is 215 g/mol. The number of alkyl halides is 1. The molecule has 0 spiro atoms. The normalized spacial score (nSPS) is 19.6. The van der Waals surface area contributed by atoms with E-state index in [0.29, 0.717) is 16.4 Å². The summed E-state index contributed by atoms with van der Waals surface area (Å²) in [5.74, 6) is 0.426. The topological polar surface area (TPSA) is 27.7 Å². The molecule has 2 atom stereocenters. The first-order valence-corrected chi connectivity index (χ1v) is 7.08. The fraction of sp³-hybridized carbons (Fsp3) is 1.00. The Morgan fingerprint density at radius 3 is 2.18 bits per heavy atom. The molecule has 0 saturated carbocycles. The monoisotopic (exact) mass is 214 g/mol. The van der Waals surface area contributed by atoms with Gasteiger partial charge in [0.2, 0.25) is 0 Å². The van der Waals surface area contributed by atoms with Gasteiger partial charge in [0, 0.05) is 14.2 Å². The second-order valence-corrected chi connectivity index (χ2v) is 7.33. The molecule has 0 aromatic carbocycles. The molecule has 11 heavy (non-hydrogen) atoms. The fourth-order valence-electron chi connectivity index (χ4n) is 0.763. The number of rotatable bonds is 5. The van der Waals surface area contributed by atoms with Gasteiger partial charge in [-0.2, -0.15) is 0 Å². The highest BCUT2D eigenvalue weighted by Gasteiger charge is 2.38. The van der Waals surface area contributed by atoms with E-state index in [1.807, 2.05) is 6.55 Å². The molecule has 0 bridgehead atoms. The van der Waals surface area contributed by atoms with Crippen molar-refractivity contribution in [3.05, 3.63) is 0 Å². The Kier molecular flexibility index (Phi) is 5.57. The Labute approximate surface area is 76.8 Å². The molecule has 2 unspecified atom stereocenters. The van der Waals surface area contributed by atoms with Crippen LogP contribution in [-0.4, -0.2) is 44.9 Å². The van der Waals surface area contributed by atoms with Crippen molar-refractivity contribution < 1.29 is 13.3 Å². The van der Waals surface area contributed by atoms with E-state index in [4.69, 9.17) is 24.9 Å². The fourth-order valence-corrected chi connectivity index (χ4v) is 4.42. The highest BCUT2D eigenvalue weighted by atomic mass is 35.5. The summed E-state index contributed by atoms with van der Waals surface area (Å²) < 4.78 is 15.8. The summed E-state index contributed by atoms with van der Waals surface area (Å²) in [6.45, 7) is 1.95. The van der Waals surface area contributed by atoms with Crippen molar-refractivity contribution in [1.82, 2.24) is 0 Å². The SMILES string of the molecule is COC(CCl)[Si](C)(OC)O[SiH3]. The van der Waals surface area contributed by atoms with Crippen molar-refractivity contribution in [1.29, 1.82) is 0 Å². The summed E-state index contributed by atoms with van der Waals surface area (Å²) in [4.78, 5) is 0. The van der Waals surface area contributed by atoms with E-state index < -0.39 is 8.56 Å². The third kappa shape index (κ3) is 2.85. The number of hydrogen-bond donors (Lipinski definition) is 0. The van der Waals surface area contributed by atoms with E-state index in [1.165, 1.54) is 0 Å². The molecular weight excluding hydrogens is 200 g/mol. The molecule has 0 aliphatic heterocycles. The smallest absolute Gasteiger partial charge is 0.354 e. The van der Waals surface area contributed by atoms with Gasteiger partial charge in [-0.15, -0.1) is 11.6 Å². The molecule has 68 valence electrons. The Bertz CT molecular complexity index is 106. The van der Waals surface area contributed by atoms with Gasteiger partial charge in [-0.3, -0.25) is 0 Å². The van der Waals surface area contributed by atoms with Crippen LogP contribution in [0.25, 0.3) is 0 Å². The zero-order valence-corrected chi connectivity index (χ0v) is 11.1. The van der Waals surface area contributed by atoms with Gasteiger partial charge >= 0.3 is 8.56 Å². The number of hydrogen-bond acceptors (Lipinski definition) is 3. The molecule has 0 aromatic rings. The maximum Gasteiger partial charge on any atom is 0.354 e. The number of methoxy groups -OCH3 is 1. The summed E-state index contributed by atoms with van der Waals surface area (Å²) in [5, 5.41) is 0. The largest absolute Gasteiger partial charge is 0.443 e. The molecule has 0 radical (unpaired) electrons. The average Bonchev–Trinajstić information content (AvgIpc) is 2.06. The first-order valence-electron chi connectivity index (χ1n) is 3.33. The molecule has 0 heterocycles. The van der Waals surface area contributed by atoms with E-state index in [2.05, 4.69) is 0 Å². The van der Waals surface area contributed by atoms with Crippen LogP contribution in [-0.2, 0) is 13.3 Å². The summed E-state index contributed by atoms with van der Waals surface area (Å²) in [6.07, 6.45) is 0. The van der Waals surface area contributed by atoms with Gasteiger partial charge in [-0.1, -0.05) is 0 Å². The Balaban J connectivity index is 4.19. The lowest BCUT2D eigenvalue weighted by molar-refractivity contribution is 0.130. The van der Waals surface area contributed by atoms with E-state index in [-0.39, 0.29) is 5.73 Å². The summed E-state index contributed by atoms with van der Waals surface area (Å²) >= 11 is 5.67. The predicted octanol–water partition coefficient (Wildman–Crippen LogP) is -0.205. The molecule has 0 rings (SSSR count). The molecule has 0 aliphatic carbocycles. The van der Waals surface area contributed by atoms with Crippen LogP contribution < -0.4 is 0 Å². The van der Waals surface area contributed by atoms with Gasteiger partial charge in [0.25, 0.3) is 0 Å². The van der Waals surface area contributed by atoms with Crippen molar-refractivity contribution in [2.24, 2.45) is 0 Å². The van der Waals surface area contributed by atoms with Gasteiger partial charge in [-0.05, 0) is 6.55 Å². The summed E-state index contributed by atoms with van der Waals surface area (Å²) in [6, 6.07) is 0. The third-order valence-electron chi connectivity index (χ3n) is 1.82. The lowest BCUT2D eigenvalue weighted by atomic mass is 10.8. The van der Waals surface area contributed by atoms with E-state index in [1.54, 1.807) is 14.2 Å². The van der Waals surface area contributed by atoms with Gasteiger partial charge < -0.3 is 13.3 Å². The van der Waals surface area contributed by atoms with Crippen LogP contribution in [0.4, 0.5) is 0 Å². The molecule has 0 fully saturated rings. The van der Waals surface area contributed by atoms with E-state index in [0.717, 1.165) is 0 Å². The molecule has 3 nitrogen and oxygen atoms in total. The first-order chi connectivity index (χ1) is 5.14. The molecule has 0 saturated heterocycles. The minimum atomic E-state index is -2.12. The first kappa shape index (κ1) is 11.6. The van der Waals surface area contributed by atoms with Crippen molar-refractivity contribution >= 4 is 30.6 Å². The van der Waals surface area contributed by atoms with E-state index in [9.17, 15) is 0 Å².